The Bertz CT molecular complexity index is 515. The lowest BCUT2D eigenvalue weighted by molar-refractivity contribution is -0.147. The van der Waals surface area contributed by atoms with Gasteiger partial charge in [0.25, 0.3) is 0 Å². The molecule has 1 aromatic carbocycles. The normalized spacial score (nSPS) is 20.6. The number of benzene rings is 1. The van der Waals surface area contributed by atoms with Gasteiger partial charge in [0.15, 0.2) is 11.5 Å². The van der Waals surface area contributed by atoms with Crippen LogP contribution in [0, 0.1) is 0 Å². The van der Waals surface area contributed by atoms with Crippen molar-refractivity contribution in [3.8, 4) is 11.5 Å². The molecule has 1 aromatic rings. The maximum Gasteiger partial charge on any atom is 0.314 e. The Labute approximate surface area is 118 Å². The molecule has 108 valence electrons. The summed E-state index contributed by atoms with van der Waals surface area (Å²) in [6.07, 6.45) is 5.97. The summed E-state index contributed by atoms with van der Waals surface area (Å²) < 4.78 is 11.3. The first kappa shape index (κ1) is 13.3. The summed E-state index contributed by atoms with van der Waals surface area (Å²) in [7, 11) is 1.61. The van der Waals surface area contributed by atoms with Crippen molar-refractivity contribution in [1.82, 2.24) is 0 Å². The van der Waals surface area contributed by atoms with Gasteiger partial charge in [0.2, 0.25) is 0 Å². The summed E-state index contributed by atoms with van der Waals surface area (Å²) in [5.41, 5.74) is 0.121. The largest absolute Gasteiger partial charge is 0.493 e. The maximum atomic E-state index is 11.6. The average Bonchev–Trinajstić information content (AvgIpc) is 2.32. The lowest BCUT2D eigenvalue weighted by Crippen LogP contribution is -2.42. The highest BCUT2D eigenvalue weighted by molar-refractivity contribution is 5.83. The van der Waals surface area contributed by atoms with Gasteiger partial charge in [-0.3, -0.25) is 4.79 Å². The van der Waals surface area contributed by atoms with Crippen LogP contribution in [-0.4, -0.2) is 24.3 Å². The maximum absolute atomic E-state index is 11.6. The first-order chi connectivity index (χ1) is 9.65. The summed E-state index contributed by atoms with van der Waals surface area (Å²) in [6.45, 7) is 0. The first-order valence-corrected chi connectivity index (χ1v) is 7.24. The van der Waals surface area contributed by atoms with Crippen LogP contribution >= 0.6 is 0 Å². The number of hydrogen-bond donors (Lipinski definition) is 1. The van der Waals surface area contributed by atoms with Gasteiger partial charge in [0.1, 0.15) is 0 Å². The number of aliphatic carboxylic acids is 1. The van der Waals surface area contributed by atoms with Gasteiger partial charge in [-0.2, -0.15) is 0 Å². The van der Waals surface area contributed by atoms with E-state index in [1.165, 1.54) is 6.42 Å². The van der Waals surface area contributed by atoms with Crippen LogP contribution in [0.1, 0.15) is 44.1 Å². The van der Waals surface area contributed by atoms with E-state index in [0.717, 1.165) is 24.8 Å². The average molecular weight is 276 g/mol. The van der Waals surface area contributed by atoms with Crippen molar-refractivity contribution in [3.63, 3.8) is 0 Å². The minimum atomic E-state index is -0.733. The molecule has 2 aliphatic rings. The predicted molar refractivity (Wildman–Crippen MR) is 74.4 cm³/mol. The molecule has 0 bridgehead atoms. The Morgan fingerprint density at radius 1 is 1.25 bits per heavy atom. The molecule has 2 aliphatic carbocycles. The topological polar surface area (TPSA) is 55.8 Å². The third-order valence-electron chi connectivity index (χ3n) is 4.68. The summed E-state index contributed by atoms with van der Waals surface area (Å²) in [4.78, 5) is 11.6. The van der Waals surface area contributed by atoms with E-state index in [2.05, 4.69) is 0 Å². The molecule has 0 amide bonds. The van der Waals surface area contributed by atoms with E-state index in [4.69, 9.17) is 9.47 Å². The molecule has 2 saturated carbocycles. The molecule has 0 unspecified atom stereocenters. The van der Waals surface area contributed by atoms with Gasteiger partial charge in [-0.05, 0) is 49.8 Å². The summed E-state index contributed by atoms with van der Waals surface area (Å²) in [5.74, 6) is 0.631. The van der Waals surface area contributed by atoms with E-state index in [9.17, 15) is 9.90 Å². The van der Waals surface area contributed by atoms with Crippen LogP contribution in [0.15, 0.2) is 18.2 Å². The van der Waals surface area contributed by atoms with Gasteiger partial charge in [0.05, 0.1) is 18.6 Å². The number of carboxylic acids is 1. The quantitative estimate of drug-likeness (QED) is 0.897. The SMILES string of the molecule is COc1ccc(C2(C(=O)O)CCC2)cc1OC1CCC1. The Balaban J connectivity index is 1.91. The highest BCUT2D eigenvalue weighted by Gasteiger charge is 2.46. The molecule has 0 spiro atoms. The van der Waals surface area contributed by atoms with Crippen molar-refractivity contribution in [2.75, 3.05) is 7.11 Å². The molecule has 0 atom stereocenters. The molecule has 0 aromatic heterocycles. The van der Waals surface area contributed by atoms with Crippen molar-refractivity contribution in [2.45, 2.75) is 50.0 Å². The van der Waals surface area contributed by atoms with E-state index in [0.29, 0.717) is 24.3 Å². The van der Waals surface area contributed by atoms with Gasteiger partial charge in [-0.15, -0.1) is 0 Å². The Morgan fingerprint density at radius 3 is 2.45 bits per heavy atom. The molecule has 0 aliphatic heterocycles. The van der Waals surface area contributed by atoms with Crippen LogP contribution in [0.5, 0.6) is 11.5 Å². The molecular weight excluding hydrogens is 256 g/mol. The summed E-state index contributed by atoms with van der Waals surface area (Å²) in [6, 6.07) is 5.55. The molecule has 20 heavy (non-hydrogen) atoms. The Morgan fingerprint density at radius 2 is 2.00 bits per heavy atom. The summed E-state index contributed by atoms with van der Waals surface area (Å²) >= 11 is 0. The van der Waals surface area contributed by atoms with Crippen molar-refractivity contribution in [1.29, 1.82) is 0 Å². The third-order valence-corrected chi connectivity index (χ3v) is 4.68. The van der Waals surface area contributed by atoms with E-state index in [1.54, 1.807) is 7.11 Å². The van der Waals surface area contributed by atoms with Crippen molar-refractivity contribution in [3.05, 3.63) is 23.8 Å². The molecular formula is C16H20O4. The number of rotatable bonds is 5. The van der Waals surface area contributed by atoms with Crippen LogP contribution in [-0.2, 0) is 10.2 Å². The molecule has 0 radical (unpaired) electrons. The highest BCUT2D eigenvalue weighted by Crippen LogP contribution is 2.46. The van der Waals surface area contributed by atoms with E-state index >= 15 is 0 Å². The van der Waals surface area contributed by atoms with Crippen LogP contribution in [0.3, 0.4) is 0 Å². The summed E-state index contributed by atoms with van der Waals surface area (Å²) in [5, 5.41) is 9.52. The fraction of sp³-hybridized carbons (Fsp3) is 0.562. The Kier molecular flexibility index (Phi) is 3.32. The molecule has 4 nitrogen and oxygen atoms in total. The Hall–Kier alpha value is -1.71. The lowest BCUT2D eigenvalue weighted by Gasteiger charge is -2.38. The van der Waals surface area contributed by atoms with Crippen LogP contribution < -0.4 is 9.47 Å². The van der Waals surface area contributed by atoms with E-state index < -0.39 is 11.4 Å². The standard InChI is InChI=1S/C16H20O4/c1-19-13-7-6-11(16(15(17)18)8-3-9-16)10-14(13)20-12-4-2-5-12/h6-7,10,12H,2-5,8-9H2,1H3,(H,17,18). The number of carbonyl (C=O) groups is 1. The van der Waals surface area contributed by atoms with Crippen molar-refractivity contribution in [2.24, 2.45) is 0 Å². The monoisotopic (exact) mass is 276 g/mol. The van der Waals surface area contributed by atoms with Crippen LogP contribution in [0.25, 0.3) is 0 Å². The zero-order valence-electron chi connectivity index (χ0n) is 11.7. The zero-order valence-corrected chi connectivity index (χ0v) is 11.7. The molecule has 4 heteroatoms. The molecule has 1 N–H and O–H groups in total. The second-order valence-corrected chi connectivity index (χ2v) is 5.78. The smallest absolute Gasteiger partial charge is 0.314 e. The minimum absolute atomic E-state index is 0.251. The van der Waals surface area contributed by atoms with Crippen LogP contribution in [0.2, 0.25) is 0 Å². The predicted octanol–water partition coefficient (Wildman–Crippen LogP) is 3.13. The number of hydrogen-bond acceptors (Lipinski definition) is 3. The molecule has 3 rings (SSSR count). The van der Waals surface area contributed by atoms with Crippen LogP contribution in [0.4, 0.5) is 0 Å². The van der Waals surface area contributed by atoms with Gasteiger partial charge in [-0.25, -0.2) is 0 Å². The van der Waals surface area contributed by atoms with Gasteiger partial charge < -0.3 is 14.6 Å². The number of carboxylic acid groups (broad SMARTS) is 1. The number of ether oxygens (including phenoxy) is 2. The zero-order chi connectivity index (χ0) is 14.2. The number of methoxy groups -OCH3 is 1. The van der Waals surface area contributed by atoms with Gasteiger partial charge in [0, 0.05) is 0 Å². The second-order valence-electron chi connectivity index (χ2n) is 5.78. The van der Waals surface area contributed by atoms with Crippen molar-refractivity contribution >= 4 is 5.97 Å². The third kappa shape index (κ3) is 2.03. The molecule has 0 heterocycles. The highest BCUT2D eigenvalue weighted by atomic mass is 16.5. The second kappa shape index (κ2) is 5.00. The fourth-order valence-electron chi connectivity index (χ4n) is 2.89. The fourth-order valence-corrected chi connectivity index (χ4v) is 2.89. The molecule has 2 fully saturated rings. The minimum Gasteiger partial charge on any atom is -0.493 e. The lowest BCUT2D eigenvalue weighted by atomic mass is 9.64. The molecule has 0 saturated heterocycles. The van der Waals surface area contributed by atoms with E-state index in [1.807, 2.05) is 18.2 Å². The first-order valence-electron chi connectivity index (χ1n) is 7.24. The van der Waals surface area contributed by atoms with E-state index in [-0.39, 0.29) is 6.10 Å². The van der Waals surface area contributed by atoms with Gasteiger partial charge >= 0.3 is 5.97 Å². The van der Waals surface area contributed by atoms with Crippen molar-refractivity contribution < 1.29 is 19.4 Å². The van der Waals surface area contributed by atoms with Gasteiger partial charge in [-0.1, -0.05) is 12.5 Å².